The number of hydrogen-bond acceptors (Lipinski definition) is 5. The van der Waals surface area contributed by atoms with Crippen LogP contribution in [-0.2, 0) is 16.2 Å². The highest BCUT2D eigenvalue weighted by Crippen LogP contribution is 2.44. The first-order valence-corrected chi connectivity index (χ1v) is 21.8. The average molecular weight is 825 g/mol. The van der Waals surface area contributed by atoms with Gasteiger partial charge in [-0.25, -0.2) is 4.98 Å². The lowest BCUT2D eigenvalue weighted by molar-refractivity contribution is 0.477. The Balaban J connectivity index is 1.32. The van der Waals surface area contributed by atoms with Crippen LogP contribution in [0, 0.1) is 0 Å². The number of imidazole rings is 1. The molecule has 0 aliphatic heterocycles. The van der Waals surface area contributed by atoms with E-state index < -0.39 is 0 Å². The van der Waals surface area contributed by atoms with E-state index in [4.69, 9.17) is 19.4 Å². The lowest BCUT2D eigenvalue weighted by atomic mass is 9.84. The normalized spacial score (nSPS) is 12.6. The molecule has 0 amide bonds. The quantitative estimate of drug-likeness (QED) is 0.187. The van der Waals surface area contributed by atoms with Gasteiger partial charge in [-0.1, -0.05) is 135 Å². The molecule has 63 heavy (non-hydrogen) atoms. The number of phenols is 1. The number of aromatic hydroxyl groups is 1. The standard InChI is InChI=1S/C57H52N4O2/c1-55(2,3)37-24-25-46(41(30-37)34-17-11-10-12-18-34)61-47-22-15-21-40(42-32-43-39-20-13-14-23-49(39)63-50(43)33-48(42)62)53(47)60-54(61)36-28-45(59-51(29-36)57(7,8)9)44-31-38(56(4,5)6)27-35-19-16-26-58-52(35)44/h10-33,62H,1-9H3. The monoisotopic (exact) mass is 824 g/mol. The van der Waals surface area contributed by atoms with Gasteiger partial charge in [-0.2, -0.15) is 0 Å². The van der Waals surface area contributed by atoms with Gasteiger partial charge in [0.25, 0.3) is 0 Å². The number of para-hydroxylation sites is 2. The minimum atomic E-state index is -0.296. The first kappa shape index (κ1) is 40.0. The Hall–Kier alpha value is -7.05. The van der Waals surface area contributed by atoms with Crippen molar-refractivity contribution in [2.24, 2.45) is 0 Å². The smallest absolute Gasteiger partial charge is 0.145 e. The highest BCUT2D eigenvalue weighted by molar-refractivity contribution is 6.09. The summed E-state index contributed by atoms with van der Waals surface area (Å²) in [5, 5.41) is 14.8. The molecule has 0 saturated carbocycles. The van der Waals surface area contributed by atoms with Gasteiger partial charge in [0.1, 0.15) is 22.7 Å². The molecule has 6 nitrogen and oxygen atoms in total. The van der Waals surface area contributed by atoms with Gasteiger partial charge in [-0.15, -0.1) is 0 Å². The number of benzene rings is 6. The maximum atomic E-state index is 11.8. The van der Waals surface area contributed by atoms with Crippen molar-refractivity contribution in [2.45, 2.75) is 78.6 Å². The number of phenolic OH excluding ortho intramolecular Hbond substituents is 1. The summed E-state index contributed by atoms with van der Waals surface area (Å²) in [5.41, 5.74) is 14.4. The van der Waals surface area contributed by atoms with Crippen LogP contribution in [-0.4, -0.2) is 24.6 Å². The largest absolute Gasteiger partial charge is 0.507 e. The topological polar surface area (TPSA) is 77.0 Å². The van der Waals surface area contributed by atoms with Crippen molar-refractivity contribution < 1.29 is 9.52 Å². The molecule has 4 heterocycles. The summed E-state index contributed by atoms with van der Waals surface area (Å²) >= 11 is 0. The van der Waals surface area contributed by atoms with Gasteiger partial charge in [0.05, 0.1) is 27.9 Å². The van der Waals surface area contributed by atoms with Crippen molar-refractivity contribution >= 4 is 43.9 Å². The summed E-state index contributed by atoms with van der Waals surface area (Å²) in [6, 6.07) is 48.6. The molecule has 4 aromatic heterocycles. The molecule has 0 fully saturated rings. The Labute approximate surface area is 368 Å². The Morgan fingerprint density at radius 3 is 2.02 bits per heavy atom. The maximum absolute atomic E-state index is 11.8. The summed E-state index contributed by atoms with van der Waals surface area (Å²) < 4.78 is 8.50. The van der Waals surface area contributed by atoms with E-state index in [9.17, 15) is 5.11 Å². The van der Waals surface area contributed by atoms with Crippen LogP contribution in [0.1, 0.15) is 79.1 Å². The van der Waals surface area contributed by atoms with Gasteiger partial charge in [-0.05, 0) is 88.2 Å². The number of rotatable bonds is 5. The summed E-state index contributed by atoms with van der Waals surface area (Å²) in [6.45, 7) is 20.2. The predicted molar refractivity (Wildman–Crippen MR) is 261 cm³/mol. The third kappa shape index (κ3) is 7.04. The van der Waals surface area contributed by atoms with Crippen LogP contribution < -0.4 is 0 Å². The van der Waals surface area contributed by atoms with Crippen LogP contribution in [0.15, 0.2) is 150 Å². The third-order valence-electron chi connectivity index (χ3n) is 12.4. The minimum absolute atomic E-state index is 0.0808. The molecular formula is C57H52N4O2. The van der Waals surface area contributed by atoms with E-state index in [-0.39, 0.29) is 22.0 Å². The van der Waals surface area contributed by atoms with Gasteiger partial charge < -0.3 is 9.52 Å². The first-order chi connectivity index (χ1) is 30.0. The van der Waals surface area contributed by atoms with Crippen LogP contribution in [0.4, 0.5) is 0 Å². The number of furan rings is 1. The molecule has 6 aromatic carbocycles. The van der Waals surface area contributed by atoms with E-state index >= 15 is 0 Å². The number of nitrogens with zero attached hydrogens (tertiary/aromatic N) is 4. The number of pyridine rings is 2. The second kappa shape index (κ2) is 14.5. The molecule has 0 aliphatic rings. The van der Waals surface area contributed by atoms with Crippen LogP contribution in [0.3, 0.4) is 0 Å². The van der Waals surface area contributed by atoms with E-state index in [1.807, 2.05) is 36.5 Å². The van der Waals surface area contributed by atoms with Crippen LogP contribution >= 0.6 is 0 Å². The zero-order valence-electron chi connectivity index (χ0n) is 37.5. The van der Waals surface area contributed by atoms with E-state index in [0.717, 1.165) is 89.0 Å². The SMILES string of the molecule is CC(C)(C)c1ccc(-n2c(-c3cc(-c4cc(C(C)(C)C)cc5cccnc45)nc(C(C)(C)C)c3)nc3c(-c4cc5c(cc4O)oc4ccccc45)cccc32)c(-c2ccccc2)c1. The highest BCUT2D eigenvalue weighted by atomic mass is 16.3. The molecule has 312 valence electrons. The van der Waals surface area contributed by atoms with Crippen molar-refractivity contribution in [1.29, 1.82) is 0 Å². The van der Waals surface area contributed by atoms with E-state index in [2.05, 4.69) is 170 Å². The fourth-order valence-electron chi connectivity index (χ4n) is 8.78. The molecule has 10 rings (SSSR count). The number of hydrogen-bond donors (Lipinski definition) is 1. The number of fused-ring (bicyclic) bond motifs is 5. The number of aromatic nitrogens is 4. The zero-order valence-corrected chi connectivity index (χ0v) is 37.5. The minimum Gasteiger partial charge on any atom is -0.507 e. The van der Waals surface area contributed by atoms with E-state index in [0.29, 0.717) is 11.1 Å². The fourth-order valence-corrected chi connectivity index (χ4v) is 8.78. The Bertz CT molecular complexity index is 3410. The third-order valence-corrected chi connectivity index (χ3v) is 12.4. The predicted octanol–water partition coefficient (Wildman–Crippen LogP) is 15.1. The average Bonchev–Trinajstić information content (AvgIpc) is 3.83. The second-order valence-electron chi connectivity index (χ2n) is 20.0. The Kier molecular flexibility index (Phi) is 9.23. The summed E-state index contributed by atoms with van der Waals surface area (Å²) in [7, 11) is 0. The first-order valence-electron chi connectivity index (χ1n) is 21.8. The molecule has 0 unspecified atom stereocenters. The summed E-state index contributed by atoms with van der Waals surface area (Å²) in [6.07, 6.45) is 1.86. The van der Waals surface area contributed by atoms with Gasteiger partial charge in [0.15, 0.2) is 0 Å². The summed E-state index contributed by atoms with van der Waals surface area (Å²) in [5.74, 6) is 0.898. The molecule has 0 bridgehead atoms. The molecule has 0 spiro atoms. The Morgan fingerprint density at radius 2 is 1.25 bits per heavy atom. The van der Waals surface area contributed by atoms with E-state index in [1.165, 1.54) is 11.1 Å². The lowest BCUT2D eigenvalue weighted by Crippen LogP contribution is -2.15. The Morgan fingerprint density at radius 1 is 0.508 bits per heavy atom. The van der Waals surface area contributed by atoms with Crippen molar-refractivity contribution in [3.8, 4) is 56.3 Å². The van der Waals surface area contributed by atoms with E-state index in [1.54, 1.807) is 6.07 Å². The molecule has 0 radical (unpaired) electrons. The van der Waals surface area contributed by atoms with Gasteiger partial charge in [-0.3, -0.25) is 14.5 Å². The lowest BCUT2D eigenvalue weighted by Gasteiger charge is -2.24. The highest BCUT2D eigenvalue weighted by Gasteiger charge is 2.27. The van der Waals surface area contributed by atoms with Crippen LogP contribution in [0.2, 0.25) is 0 Å². The molecule has 1 N–H and O–H groups in total. The fraction of sp³-hybridized carbons (Fsp3) is 0.211. The van der Waals surface area contributed by atoms with Crippen LogP contribution in [0.25, 0.3) is 94.5 Å². The van der Waals surface area contributed by atoms with Crippen molar-refractivity contribution in [2.75, 3.05) is 0 Å². The van der Waals surface area contributed by atoms with Gasteiger partial charge in [0.2, 0.25) is 0 Å². The van der Waals surface area contributed by atoms with Gasteiger partial charge in [0, 0.05) is 67.3 Å². The van der Waals surface area contributed by atoms with Crippen molar-refractivity contribution in [3.63, 3.8) is 0 Å². The zero-order chi connectivity index (χ0) is 44.0. The molecule has 0 aliphatic carbocycles. The molecule has 10 aromatic rings. The van der Waals surface area contributed by atoms with Crippen LogP contribution in [0.5, 0.6) is 5.75 Å². The summed E-state index contributed by atoms with van der Waals surface area (Å²) in [4.78, 5) is 16.1. The molecular weight excluding hydrogens is 773 g/mol. The maximum Gasteiger partial charge on any atom is 0.145 e. The molecule has 0 saturated heterocycles. The molecule has 6 heteroatoms. The van der Waals surface area contributed by atoms with Gasteiger partial charge >= 0.3 is 0 Å². The molecule has 0 atom stereocenters. The second-order valence-corrected chi connectivity index (χ2v) is 20.0. The van der Waals surface area contributed by atoms with Crippen molar-refractivity contribution in [3.05, 3.63) is 163 Å². The van der Waals surface area contributed by atoms with Crippen molar-refractivity contribution in [1.82, 2.24) is 19.5 Å².